The number of hydrogen-bond donors (Lipinski definition) is 3. The first kappa shape index (κ1) is 21.4. The third-order valence-electron chi connectivity index (χ3n) is 3.96. The van der Waals surface area contributed by atoms with Gasteiger partial charge in [-0.15, -0.1) is 0 Å². The maximum atomic E-state index is 12.5. The van der Waals surface area contributed by atoms with Crippen LogP contribution >= 0.6 is 11.8 Å². The molecule has 0 aliphatic carbocycles. The molecular weight excluding hydrogens is 399 g/mol. The van der Waals surface area contributed by atoms with Crippen LogP contribution in [0.2, 0.25) is 0 Å². The topological polar surface area (TPSA) is 150 Å². The van der Waals surface area contributed by atoms with Crippen LogP contribution in [0.15, 0.2) is 22.2 Å². The second-order valence-electron chi connectivity index (χ2n) is 6.27. The van der Waals surface area contributed by atoms with Gasteiger partial charge in [-0.2, -0.15) is 0 Å². The molecular formula is C13H15N2NaO8S2. The Balaban J connectivity index is 2.21. The number of carboxylic acid groups (broad SMARTS) is 1. The van der Waals surface area contributed by atoms with Gasteiger partial charge in [-0.25, -0.2) is 0 Å². The van der Waals surface area contributed by atoms with Crippen molar-refractivity contribution in [3.05, 3.63) is 22.2 Å². The van der Waals surface area contributed by atoms with Crippen LogP contribution in [0.1, 0.15) is 20.3 Å². The molecule has 3 N–H and O–H groups in total. The SMILES string of the molecule is CC(=O)NC=CSC1=C(C(=O)O)N2C(=O)[C@H]([C@](C)([Na])OS(=O)(=O)O)[C@H]2C1. The number of β-lactam (4-membered cyclic amide) rings is 1. The van der Waals surface area contributed by atoms with E-state index < -0.39 is 37.1 Å². The van der Waals surface area contributed by atoms with Crippen LogP contribution in [0, 0.1) is 5.92 Å². The zero-order chi connectivity index (χ0) is 19.9. The molecule has 0 radical (unpaired) electrons. The molecule has 2 amide bonds. The van der Waals surface area contributed by atoms with Crippen molar-refractivity contribution in [2.45, 2.75) is 29.2 Å². The van der Waals surface area contributed by atoms with Crippen LogP contribution in [0.3, 0.4) is 0 Å². The number of rotatable bonds is 7. The summed E-state index contributed by atoms with van der Waals surface area (Å²) in [6, 6.07) is -0.561. The Labute approximate surface area is 171 Å². The van der Waals surface area contributed by atoms with Gasteiger partial charge in [0.15, 0.2) is 0 Å². The molecule has 0 aromatic rings. The summed E-state index contributed by atoms with van der Waals surface area (Å²) < 4.78 is 34.3. The number of carbonyl (C=O) groups excluding carboxylic acids is 2. The summed E-state index contributed by atoms with van der Waals surface area (Å²) in [5.41, 5.74) is -0.168. The monoisotopic (exact) mass is 414 g/mol. The first-order valence-corrected chi connectivity index (χ1v) is 10.7. The molecule has 0 bridgehead atoms. The zero-order valence-electron chi connectivity index (χ0n) is 14.1. The van der Waals surface area contributed by atoms with Crippen molar-refractivity contribution in [3.8, 4) is 0 Å². The van der Waals surface area contributed by atoms with Gasteiger partial charge in [0.1, 0.15) is 0 Å². The first-order chi connectivity index (χ1) is 11.8. The van der Waals surface area contributed by atoms with E-state index in [-0.39, 0.29) is 46.0 Å². The molecule has 2 rings (SSSR count). The van der Waals surface area contributed by atoms with Crippen molar-refractivity contribution in [1.29, 1.82) is 0 Å². The van der Waals surface area contributed by atoms with E-state index in [0.717, 1.165) is 16.7 Å². The predicted octanol–water partition coefficient (Wildman–Crippen LogP) is -0.442. The molecule has 2 heterocycles. The Bertz CT molecular complexity index is 820. The third kappa shape index (κ3) is 4.50. The van der Waals surface area contributed by atoms with Gasteiger partial charge < -0.3 is 0 Å². The molecule has 0 aromatic carbocycles. The fraction of sp³-hybridized carbons (Fsp3) is 0.462. The van der Waals surface area contributed by atoms with Crippen molar-refractivity contribution in [1.82, 2.24) is 10.2 Å². The van der Waals surface area contributed by atoms with E-state index in [1.807, 2.05) is 0 Å². The van der Waals surface area contributed by atoms with Crippen molar-refractivity contribution in [2.75, 3.05) is 0 Å². The Morgan fingerprint density at radius 2 is 2.12 bits per heavy atom. The molecule has 13 heteroatoms. The summed E-state index contributed by atoms with van der Waals surface area (Å²) in [4.78, 5) is 36.4. The van der Waals surface area contributed by atoms with Gasteiger partial charge in [0.05, 0.1) is 0 Å². The maximum absolute atomic E-state index is 12.5. The summed E-state index contributed by atoms with van der Waals surface area (Å²) in [6.45, 7) is 2.72. The first-order valence-electron chi connectivity index (χ1n) is 7.41. The summed E-state index contributed by atoms with van der Waals surface area (Å²) in [5.74, 6) is -2.99. The van der Waals surface area contributed by atoms with Crippen LogP contribution in [0.4, 0.5) is 0 Å². The van der Waals surface area contributed by atoms with Gasteiger partial charge >= 0.3 is 172 Å². The molecule has 0 saturated carbocycles. The molecule has 138 valence electrons. The van der Waals surface area contributed by atoms with Crippen molar-refractivity contribution in [3.63, 3.8) is 0 Å². The van der Waals surface area contributed by atoms with Crippen molar-refractivity contribution in [2.24, 2.45) is 5.92 Å². The van der Waals surface area contributed by atoms with Gasteiger partial charge in [0, 0.05) is 0 Å². The Morgan fingerprint density at radius 1 is 1.50 bits per heavy atom. The molecule has 1 saturated heterocycles. The van der Waals surface area contributed by atoms with E-state index in [4.69, 9.17) is 4.55 Å². The van der Waals surface area contributed by atoms with E-state index in [1.54, 1.807) is 0 Å². The second kappa shape index (κ2) is 7.62. The molecule has 0 spiro atoms. The van der Waals surface area contributed by atoms with E-state index in [1.165, 1.54) is 25.5 Å². The van der Waals surface area contributed by atoms with Gasteiger partial charge in [-0.3, -0.25) is 0 Å². The Hall–Kier alpha value is -0.890. The van der Waals surface area contributed by atoms with Crippen LogP contribution < -0.4 is 5.32 Å². The van der Waals surface area contributed by atoms with E-state index in [0.29, 0.717) is 4.91 Å². The summed E-state index contributed by atoms with van der Waals surface area (Å²) in [5, 5.41) is 13.3. The number of thioether (sulfide) groups is 1. The van der Waals surface area contributed by atoms with Gasteiger partial charge in [-0.1, -0.05) is 0 Å². The van der Waals surface area contributed by atoms with Gasteiger partial charge in [0.2, 0.25) is 0 Å². The van der Waals surface area contributed by atoms with Gasteiger partial charge in [0.25, 0.3) is 0 Å². The Kier molecular flexibility index (Phi) is 6.27. The van der Waals surface area contributed by atoms with Crippen molar-refractivity contribution < 1.29 is 36.6 Å². The van der Waals surface area contributed by atoms with Crippen LogP contribution in [0.25, 0.3) is 0 Å². The van der Waals surface area contributed by atoms with Crippen molar-refractivity contribution >= 4 is 67.9 Å². The number of carboxylic acids is 1. The number of fused-ring (bicyclic) bond motifs is 1. The molecule has 10 nitrogen and oxygen atoms in total. The minimum atomic E-state index is -4.75. The number of aliphatic carboxylic acids is 1. The number of nitrogens with zero attached hydrogens (tertiary/aromatic N) is 1. The molecule has 26 heavy (non-hydrogen) atoms. The molecule has 1 fully saturated rings. The third-order valence-corrected chi connectivity index (χ3v) is 6.63. The molecule has 2 aliphatic rings. The fourth-order valence-corrected chi connectivity index (χ4v) is 5.90. The molecule has 3 atom stereocenters. The standard InChI is InChI=1S/C13H15N2O8S2.Na/c1-6(23-25(20,21)22)10-8-5-9(24-4-3-14-7(2)16)11(13(18)19)15(8)12(10)17;/h3-4,8,10H,5H2,1-2H3,(H,14,16)(H,18,19)(H,20,21,22);/t8-,10-;/m1./s1. The van der Waals surface area contributed by atoms with Gasteiger partial charge in [-0.05, 0) is 0 Å². The Morgan fingerprint density at radius 3 is 2.62 bits per heavy atom. The average molecular weight is 414 g/mol. The van der Waals surface area contributed by atoms with Crippen LogP contribution in [0.5, 0.6) is 0 Å². The second-order valence-corrected chi connectivity index (χ2v) is 10.3. The minimum absolute atomic E-state index is 0.115. The number of amides is 2. The summed E-state index contributed by atoms with van der Waals surface area (Å²) in [7, 11) is -4.75. The number of carbonyl (C=O) groups is 3. The molecule has 0 aromatic heterocycles. The quantitative estimate of drug-likeness (QED) is 0.286. The van der Waals surface area contributed by atoms with E-state index in [2.05, 4.69) is 9.50 Å². The predicted molar refractivity (Wildman–Crippen MR) is 90.7 cm³/mol. The fourth-order valence-electron chi connectivity index (χ4n) is 3.13. The summed E-state index contributed by atoms with van der Waals surface area (Å²) in [6.07, 6.45) is 1.56. The van der Waals surface area contributed by atoms with Crippen LogP contribution in [-0.2, 0) is 29.0 Å². The molecule has 2 aliphatic heterocycles. The number of nitrogens with one attached hydrogen (secondary N) is 1. The number of hydrogen-bond acceptors (Lipinski definition) is 7. The zero-order valence-corrected chi connectivity index (χ0v) is 17.8. The van der Waals surface area contributed by atoms with E-state index in [9.17, 15) is 27.9 Å². The van der Waals surface area contributed by atoms with Crippen LogP contribution in [-0.4, -0.2) is 77.6 Å². The average Bonchev–Trinajstić information content (AvgIpc) is 2.74. The van der Waals surface area contributed by atoms with E-state index >= 15 is 0 Å². The molecule has 0 unspecified atom stereocenters. The normalized spacial score (nSPS) is 25.1. The summed E-state index contributed by atoms with van der Waals surface area (Å²) >= 11 is 1.17.